The molecule has 4 nitrogen and oxygen atoms in total. The van der Waals surface area contributed by atoms with E-state index >= 15 is 0 Å². The molecule has 4 heteroatoms. The van der Waals surface area contributed by atoms with Crippen molar-refractivity contribution in [1.29, 1.82) is 0 Å². The molecule has 0 radical (unpaired) electrons. The molecular formula is C15H21NO3. The lowest BCUT2D eigenvalue weighted by Gasteiger charge is -2.23. The van der Waals surface area contributed by atoms with E-state index in [-0.39, 0.29) is 12.5 Å². The standard InChI is InChI=1S/C15H21NO3/c1-5-15(4,14(18)19)9-16-13(17)12-8-10(2)6-7-11(12)3/h6-8H,5,9H2,1-4H3,(H,16,17)(H,18,19). The molecule has 0 heterocycles. The molecule has 104 valence electrons. The maximum atomic E-state index is 12.1. The molecule has 1 atom stereocenters. The highest BCUT2D eigenvalue weighted by Crippen LogP contribution is 2.20. The molecule has 0 aliphatic rings. The molecule has 0 spiro atoms. The Morgan fingerprint density at radius 1 is 1.32 bits per heavy atom. The smallest absolute Gasteiger partial charge is 0.311 e. The zero-order valence-electron chi connectivity index (χ0n) is 11.9. The van der Waals surface area contributed by atoms with E-state index in [1.165, 1.54) is 0 Å². The first kappa shape index (κ1) is 15.2. The van der Waals surface area contributed by atoms with Crippen molar-refractivity contribution < 1.29 is 14.7 Å². The summed E-state index contributed by atoms with van der Waals surface area (Å²) >= 11 is 0. The third kappa shape index (κ3) is 3.56. The van der Waals surface area contributed by atoms with Gasteiger partial charge in [0, 0.05) is 12.1 Å². The van der Waals surface area contributed by atoms with Crippen LogP contribution in [0.25, 0.3) is 0 Å². The summed E-state index contributed by atoms with van der Waals surface area (Å²) in [6.45, 7) is 7.36. The highest BCUT2D eigenvalue weighted by Gasteiger charge is 2.31. The fourth-order valence-electron chi connectivity index (χ4n) is 1.70. The number of carboxylic acid groups (broad SMARTS) is 1. The van der Waals surface area contributed by atoms with E-state index in [4.69, 9.17) is 5.11 Å². The molecule has 0 fully saturated rings. The lowest BCUT2D eigenvalue weighted by molar-refractivity contribution is -0.147. The van der Waals surface area contributed by atoms with Crippen molar-refractivity contribution >= 4 is 11.9 Å². The van der Waals surface area contributed by atoms with Gasteiger partial charge in [0.1, 0.15) is 0 Å². The van der Waals surface area contributed by atoms with Crippen LogP contribution in [0.5, 0.6) is 0 Å². The number of carboxylic acids is 1. The van der Waals surface area contributed by atoms with Gasteiger partial charge in [-0.1, -0.05) is 24.6 Å². The predicted octanol–water partition coefficient (Wildman–Crippen LogP) is 2.53. The fourth-order valence-corrected chi connectivity index (χ4v) is 1.70. The van der Waals surface area contributed by atoms with Crippen molar-refractivity contribution in [2.45, 2.75) is 34.1 Å². The van der Waals surface area contributed by atoms with Crippen LogP contribution in [0.3, 0.4) is 0 Å². The summed E-state index contributed by atoms with van der Waals surface area (Å²) in [6.07, 6.45) is 0.468. The number of benzene rings is 1. The minimum atomic E-state index is -0.923. The molecular weight excluding hydrogens is 242 g/mol. The Kier molecular flexibility index (Phi) is 4.70. The molecule has 1 amide bonds. The number of aliphatic carboxylic acids is 1. The predicted molar refractivity (Wildman–Crippen MR) is 74.3 cm³/mol. The first-order valence-electron chi connectivity index (χ1n) is 6.39. The Labute approximate surface area is 113 Å². The average molecular weight is 263 g/mol. The molecule has 1 aromatic rings. The second-order valence-corrected chi connectivity index (χ2v) is 5.22. The zero-order chi connectivity index (χ0) is 14.6. The summed E-state index contributed by atoms with van der Waals surface area (Å²) in [7, 11) is 0. The second kappa shape index (κ2) is 5.87. The molecule has 0 aliphatic carbocycles. The van der Waals surface area contributed by atoms with Crippen molar-refractivity contribution in [3.8, 4) is 0 Å². The van der Waals surface area contributed by atoms with Crippen molar-refractivity contribution in [2.75, 3.05) is 6.54 Å². The van der Waals surface area contributed by atoms with Gasteiger partial charge in [0.05, 0.1) is 5.41 Å². The Balaban J connectivity index is 2.81. The minimum absolute atomic E-state index is 0.130. The van der Waals surface area contributed by atoms with Crippen LogP contribution in [0.15, 0.2) is 18.2 Å². The monoisotopic (exact) mass is 263 g/mol. The van der Waals surface area contributed by atoms with E-state index in [0.717, 1.165) is 11.1 Å². The number of rotatable bonds is 5. The number of nitrogens with one attached hydrogen (secondary N) is 1. The van der Waals surface area contributed by atoms with E-state index in [2.05, 4.69) is 5.32 Å². The van der Waals surface area contributed by atoms with Gasteiger partial charge in [-0.25, -0.2) is 0 Å². The topological polar surface area (TPSA) is 66.4 Å². The summed E-state index contributed by atoms with van der Waals surface area (Å²) in [5.74, 6) is -1.11. The third-order valence-electron chi connectivity index (χ3n) is 3.57. The van der Waals surface area contributed by atoms with Gasteiger partial charge < -0.3 is 10.4 Å². The van der Waals surface area contributed by atoms with Gasteiger partial charge in [-0.2, -0.15) is 0 Å². The highest BCUT2D eigenvalue weighted by molar-refractivity contribution is 5.96. The summed E-state index contributed by atoms with van der Waals surface area (Å²) < 4.78 is 0. The van der Waals surface area contributed by atoms with Gasteiger partial charge >= 0.3 is 5.97 Å². The van der Waals surface area contributed by atoms with Crippen LogP contribution >= 0.6 is 0 Å². The first-order valence-corrected chi connectivity index (χ1v) is 6.39. The van der Waals surface area contributed by atoms with Crippen molar-refractivity contribution in [3.63, 3.8) is 0 Å². The average Bonchev–Trinajstić information content (AvgIpc) is 2.38. The molecule has 0 saturated heterocycles. The lowest BCUT2D eigenvalue weighted by atomic mass is 9.87. The van der Waals surface area contributed by atoms with Crippen molar-refractivity contribution in [1.82, 2.24) is 5.32 Å². The molecule has 1 aromatic carbocycles. The number of amides is 1. The maximum absolute atomic E-state index is 12.1. The summed E-state index contributed by atoms with van der Waals surface area (Å²) in [6, 6.07) is 5.65. The van der Waals surface area contributed by atoms with E-state index in [0.29, 0.717) is 12.0 Å². The first-order chi connectivity index (χ1) is 8.80. The van der Waals surface area contributed by atoms with Crippen LogP contribution in [0.2, 0.25) is 0 Å². The highest BCUT2D eigenvalue weighted by atomic mass is 16.4. The number of hydrogen-bond donors (Lipinski definition) is 2. The Morgan fingerprint density at radius 3 is 2.47 bits per heavy atom. The molecule has 1 unspecified atom stereocenters. The van der Waals surface area contributed by atoms with E-state index in [1.807, 2.05) is 32.0 Å². The van der Waals surface area contributed by atoms with Gasteiger partial charge in [-0.15, -0.1) is 0 Å². The number of carbonyl (C=O) groups is 2. The second-order valence-electron chi connectivity index (χ2n) is 5.22. The molecule has 2 N–H and O–H groups in total. The van der Waals surface area contributed by atoms with Gasteiger partial charge in [0.25, 0.3) is 5.91 Å². The van der Waals surface area contributed by atoms with Crippen LogP contribution in [-0.4, -0.2) is 23.5 Å². The largest absolute Gasteiger partial charge is 0.481 e. The Bertz CT molecular complexity index is 496. The Morgan fingerprint density at radius 2 is 1.95 bits per heavy atom. The summed E-state index contributed by atoms with van der Waals surface area (Å²) in [5, 5.41) is 11.9. The Hall–Kier alpha value is -1.84. The minimum Gasteiger partial charge on any atom is -0.481 e. The SMILES string of the molecule is CCC(C)(CNC(=O)c1cc(C)ccc1C)C(=O)O. The number of aryl methyl sites for hydroxylation is 2. The molecule has 0 saturated carbocycles. The summed E-state index contributed by atoms with van der Waals surface area (Å²) in [4.78, 5) is 23.3. The zero-order valence-corrected chi connectivity index (χ0v) is 11.9. The third-order valence-corrected chi connectivity index (χ3v) is 3.57. The van der Waals surface area contributed by atoms with E-state index in [1.54, 1.807) is 13.8 Å². The normalized spacial score (nSPS) is 13.7. The van der Waals surface area contributed by atoms with Gasteiger partial charge in [0.15, 0.2) is 0 Å². The lowest BCUT2D eigenvalue weighted by Crippen LogP contribution is -2.40. The molecule has 0 aromatic heterocycles. The van der Waals surface area contributed by atoms with Crippen molar-refractivity contribution in [2.24, 2.45) is 5.41 Å². The fraction of sp³-hybridized carbons (Fsp3) is 0.467. The van der Waals surface area contributed by atoms with Crippen LogP contribution in [0.1, 0.15) is 41.8 Å². The van der Waals surface area contributed by atoms with Crippen LogP contribution < -0.4 is 5.32 Å². The van der Waals surface area contributed by atoms with Crippen molar-refractivity contribution in [3.05, 3.63) is 34.9 Å². The van der Waals surface area contributed by atoms with Crippen LogP contribution in [0, 0.1) is 19.3 Å². The quantitative estimate of drug-likeness (QED) is 0.858. The molecule has 0 aliphatic heterocycles. The van der Waals surface area contributed by atoms with Crippen LogP contribution in [0.4, 0.5) is 0 Å². The van der Waals surface area contributed by atoms with E-state index in [9.17, 15) is 9.59 Å². The number of hydrogen-bond acceptors (Lipinski definition) is 2. The van der Waals surface area contributed by atoms with Gasteiger partial charge in [0.2, 0.25) is 0 Å². The maximum Gasteiger partial charge on any atom is 0.311 e. The molecule has 1 rings (SSSR count). The van der Waals surface area contributed by atoms with E-state index < -0.39 is 11.4 Å². The molecule has 19 heavy (non-hydrogen) atoms. The van der Waals surface area contributed by atoms with Crippen LogP contribution in [-0.2, 0) is 4.79 Å². The van der Waals surface area contributed by atoms with Gasteiger partial charge in [-0.05, 0) is 38.8 Å². The molecule has 0 bridgehead atoms. The van der Waals surface area contributed by atoms with Gasteiger partial charge in [-0.3, -0.25) is 9.59 Å². The summed E-state index contributed by atoms with van der Waals surface area (Å²) in [5.41, 5.74) is 1.57. The number of carbonyl (C=O) groups excluding carboxylic acids is 1.